The van der Waals surface area contributed by atoms with E-state index in [4.69, 9.17) is 11.6 Å². The lowest BCUT2D eigenvalue weighted by Gasteiger charge is -2.33. The number of fused-ring (bicyclic) bond motifs is 1. The second kappa shape index (κ2) is 5.82. The molecule has 1 aromatic carbocycles. The number of aryl methyl sites for hydroxylation is 1. The Labute approximate surface area is 139 Å². The van der Waals surface area contributed by atoms with Crippen molar-refractivity contribution in [2.45, 2.75) is 26.1 Å². The standard InChI is InChI=1S/C14H11ClF2N4O3/c1-6-18-19-12-5-21(11(14(23)24)4-20(6)12)13(22)7-2-10(17)8(15)3-9(7)16/h2-3,11H,4-5H2,1H3,(H,23,24). The minimum atomic E-state index is -1.27. The van der Waals surface area contributed by atoms with Gasteiger partial charge >= 0.3 is 5.97 Å². The molecule has 126 valence electrons. The molecule has 0 bridgehead atoms. The van der Waals surface area contributed by atoms with Gasteiger partial charge in [0.05, 0.1) is 23.7 Å². The lowest BCUT2D eigenvalue weighted by Crippen LogP contribution is -2.51. The molecule has 1 N–H and O–H groups in total. The number of carbonyl (C=O) groups is 2. The van der Waals surface area contributed by atoms with Gasteiger partial charge in [0.25, 0.3) is 5.91 Å². The third-order valence-corrected chi connectivity index (χ3v) is 4.13. The van der Waals surface area contributed by atoms with E-state index in [1.54, 1.807) is 11.5 Å². The highest BCUT2D eigenvalue weighted by molar-refractivity contribution is 6.30. The Morgan fingerprint density at radius 3 is 2.67 bits per heavy atom. The molecule has 1 aliphatic heterocycles. The van der Waals surface area contributed by atoms with E-state index in [9.17, 15) is 23.5 Å². The number of amides is 1. The number of carboxylic acid groups (broad SMARTS) is 1. The van der Waals surface area contributed by atoms with Gasteiger partial charge in [-0.25, -0.2) is 13.6 Å². The molecule has 0 fully saturated rings. The smallest absolute Gasteiger partial charge is 0.328 e. The van der Waals surface area contributed by atoms with Crippen LogP contribution in [0, 0.1) is 18.6 Å². The number of aromatic nitrogens is 3. The molecule has 0 saturated heterocycles. The van der Waals surface area contributed by atoms with Gasteiger partial charge in [-0.1, -0.05) is 11.6 Å². The van der Waals surface area contributed by atoms with Gasteiger partial charge in [-0.05, 0) is 19.1 Å². The van der Waals surface area contributed by atoms with Crippen LogP contribution in [-0.2, 0) is 17.9 Å². The van der Waals surface area contributed by atoms with Crippen molar-refractivity contribution < 1.29 is 23.5 Å². The van der Waals surface area contributed by atoms with Crippen molar-refractivity contribution in [1.82, 2.24) is 19.7 Å². The summed E-state index contributed by atoms with van der Waals surface area (Å²) in [5.41, 5.74) is -0.590. The minimum absolute atomic E-state index is 0.0765. The second-order valence-corrected chi connectivity index (χ2v) is 5.71. The first-order valence-corrected chi connectivity index (χ1v) is 7.24. The Morgan fingerprint density at radius 1 is 1.29 bits per heavy atom. The van der Waals surface area contributed by atoms with Gasteiger partial charge in [0.1, 0.15) is 23.5 Å². The highest BCUT2D eigenvalue weighted by Crippen LogP contribution is 2.24. The molecular formula is C14H11ClF2N4O3. The van der Waals surface area contributed by atoms with Gasteiger partial charge < -0.3 is 14.6 Å². The van der Waals surface area contributed by atoms with Crippen molar-refractivity contribution in [3.05, 3.63) is 46.0 Å². The van der Waals surface area contributed by atoms with Gasteiger partial charge in [-0.3, -0.25) is 4.79 Å². The highest BCUT2D eigenvalue weighted by atomic mass is 35.5. The van der Waals surface area contributed by atoms with Crippen LogP contribution in [0.2, 0.25) is 5.02 Å². The lowest BCUT2D eigenvalue weighted by atomic mass is 10.1. The molecule has 1 atom stereocenters. The third kappa shape index (κ3) is 2.60. The Morgan fingerprint density at radius 2 is 2.00 bits per heavy atom. The van der Waals surface area contributed by atoms with E-state index >= 15 is 0 Å². The Balaban J connectivity index is 2.02. The molecule has 1 unspecified atom stereocenters. The number of benzene rings is 1. The number of hydrogen-bond donors (Lipinski definition) is 1. The summed E-state index contributed by atoms with van der Waals surface area (Å²) in [7, 11) is 0. The molecule has 0 aliphatic carbocycles. The summed E-state index contributed by atoms with van der Waals surface area (Å²) in [5, 5.41) is 16.6. The largest absolute Gasteiger partial charge is 0.480 e. The van der Waals surface area contributed by atoms with E-state index in [1.165, 1.54) is 0 Å². The number of aliphatic carboxylic acids is 1. The molecule has 2 aromatic rings. The number of carboxylic acids is 1. The average Bonchev–Trinajstić information content (AvgIpc) is 2.89. The maximum Gasteiger partial charge on any atom is 0.328 e. The molecule has 7 nitrogen and oxygen atoms in total. The molecule has 1 amide bonds. The van der Waals surface area contributed by atoms with Crippen molar-refractivity contribution in [1.29, 1.82) is 0 Å². The van der Waals surface area contributed by atoms with Crippen LogP contribution < -0.4 is 0 Å². The number of rotatable bonds is 2. The normalized spacial score (nSPS) is 16.8. The van der Waals surface area contributed by atoms with Crippen LogP contribution >= 0.6 is 11.6 Å². The summed E-state index contributed by atoms with van der Waals surface area (Å²) >= 11 is 5.47. The molecule has 0 radical (unpaired) electrons. The molecule has 1 aliphatic rings. The van der Waals surface area contributed by atoms with Crippen molar-refractivity contribution in [2.75, 3.05) is 0 Å². The van der Waals surface area contributed by atoms with Gasteiger partial charge in [-0.2, -0.15) is 0 Å². The number of halogens is 3. The summed E-state index contributed by atoms with van der Waals surface area (Å²) in [5.74, 6) is -3.34. The first kappa shape index (κ1) is 16.3. The predicted molar refractivity (Wildman–Crippen MR) is 77.4 cm³/mol. The second-order valence-electron chi connectivity index (χ2n) is 5.31. The van der Waals surface area contributed by atoms with Crippen LogP contribution in [-0.4, -0.2) is 42.7 Å². The molecule has 3 rings (SSSR count). The van der Waals surface area contributed by atoms with Crippen molar-refractivity contribution >= 4 is 23.5 Å². The maximum absolute atomic E-state index is 14.0. The Hall–Kier alpha value is -2.55. The lowest BCUT2D eigenvalue weighted by molar-refractivity contribution is -0.143. The monoisotopic (exact) mass is 356 g/mol. The van der Waals surface area contributed by atoms with Crippen LogP contribution in [0.5, 0.6) is 0 Å². The van der Waals surface area contributed by atoms with E-state index in [1.807, 2.05) is 0 Å². The van der Waals surface area contributed by atoms with Gasteiger partial charge in [0, 0.05) is 0 Å². The molecular weight excluding hydrogens is 346 g/mol. The fourth-order valence-electron chi connectivity index (χ4n) is 2.58. The van der Waals surface area contributed by atoms with E-state index in [0.29, 0.717) is 23.8 Å². The number of nitrogens with zero attached hydrogens (tertiary/aromatic N) is 4. The topological polar surface area (TPSA) is 88.3 Å². The summed E-state index contributed by atoms with van der Waals surface area (Å²) in [6, 6.07) is 0.0813. The highest BCUT2D eigenvalue weighted by Gasteiger charge is 2.37. The summed E-state index contributed by atoms with van der Waals surface area (Å²) < 4.78 is 29.1. The van der Waals surface area contributed by atoms with Crippen LogP contribution in [0.3, 0.4) is 0 Å². The quantitative estimate of drug-likeness (QED) is 0.826. The average molecular weight is 357 g/mol. The van der Waals surface area contributed by atoms with Gasteiger partial charge in [0.15, 0.2) is 5.82 Å². The van der Waals surface area contributed by atoms with E-state index in [2.05, 4.69) is 10.2 Å². The van der Waals surface area contributed by atoms with E-state index in [-0.39, 0.29) is 13.1 Å². The van der Waals surface area contributed by atoms with Gasteiger partial charge in [-0.15, -0.1) is 10.2 Å². The summed E-state index contributed by atoms with van der Waals surface area (Å²) in [6.07, 6.45) is 0. The zero-order chi connectivity index (χ0) is 17.6. The Bertz CT molecular complexity index is 855. The molecule has 10 heteroatoms. The number of hydrogen-bond acceptors (Lipinski definition) is 4. The molecule has 24 heavy (non-hydrogen) atoms. The minimum Gasteiger partial charge on any atom is -0.480 e. The zero-order valence-electron chi connectivity index (χ0n) is 12.3. The predicted octanol–water partition coefficient (Wildman–Crippen LogP) is 1.63. The van der Waals surface area contributed by atoms with Crippen LogP contribution in [0.15, 0.2) is 12.1 Å². The SMILES string of the molecule is Cc1nnc2n1CC(C(=O)O)N(C(=O)c1cc(F)c(Cl)cc1F)C2. The van der Waals surface area contributed by atoms with Gasteiger partial charge in [0.2, 0.25) is 0 Å². The fourth-order valence-corrected chi connectivity index (χ4v) is 2.73. The van der Waals surface area contributed by atoms with Crippen molar-refractivity contribution in [2.24, 2.45) is 0 Å². The van der Waals surface area contributed by atoms with Crippen LogP contribution in [0.4, 0.5) is 8.78 Å². The number of carbonyl (C=O) groups excluding carboxylic acids is 1. The van der Waals surface area contributed by atoms with Crippen molar-refractivity contribution in [3.63, 3.8) is 0 Å². The third-order valence-electron chi connectivity index (χ3n) is 3.84. The van der Waals surface area contributed by atoms with Crippen LogP contribution in [0.25, 0.3) is 0 Å². The van der Waals surface area contributed by atoms with E-state index < -0.39 is 40.1 Å². The molecule has 2 heterocycles. The van der Waals surface area contributed by atoms with Crippen LogP contribution in [0.1, 0.15) is 22.0 Å². The Kier molecular flexibility index (Phi) is 3.96. The fraction of sp³-hybridized carbons (Fsp3) is 0.286. The maximum atomic E-state index is 14.0. The van der Waals surface area contributed by atoms with E-state index in [0.717, 1.165) is 4.90 Å². The first-order chi connectivity index (χ1) is 11.3. The molecule has 1 aromatic heterocycles. The van der Waals surface area contributed by atoms with Crippen molar-refractivity contribution in [3.8, 4) is 0 Å². The summed E-state index contributed by atoms with van der Waals surface area (Å²) in [6.45, 7) is 1.40. The summed E-state index contributed by atoms with van der Waals surface area (Å²) in [4.78, 5) is 25.0. The molecule has 0 saturated carbocycles. The zero-order valence-corrected chi connectivity index (χ0v) is 13.1. The first-order valence-electron chi connectivity index (χ1n) is 6.86. The molecule has 0 spiro atoms.